The van der Waals surface area contributed by atoms with Crippen LogP contribution in [0.25, 0.3) is 0 Å². The maximum atomic E-state index is 11.6. The molecule has 0 aliphatic heterocycles. The molecule has 0 aromatic rings. The third kappa shape index (κ3) is 4.73. The van der Waals surface area contributed by atoms with Gasteiger partial charge in [-0.3, -0.25) is 9.59 Å². The first kappa shape index (κ1) is 14.0. The topological polar surface area (TPSA) is 75.6 Å². The van der Waals surface area contributed by atoms with Crippen molar-refractivity contribution in [3.8, 4) is 0 Å². The summed E-state index contributed by atoms with van der Waals surface area (Å²) < 4.78 is 4.97. The average molecular weight is 243 g/mol. The molecule has 1 fully saturated rings. The van der Waals surface area contributed by atoms with Crippen LogP contribution in [-0.4, -0.2) is 36.7 Å². The number of carboxylic acid groups (broad SMARTS) is 1. The van der Waals surface area contributed by atoms with E-state index in [-0.39, 0.29) is 23.8 Å². The summed E-state index contributed by atoms with van der Waals surface area (Å²) in [6, 6.07) is 0.0262. The Morgan fingerprint density at radius 1 is 1.47 bits per heavy atom. The minimum absolute atomic E-state index is 0.00871. The van der Waals surface area contributed by atoms with Crippen molar-refractivity contribution >= 4 is 11.9 Å². The van der Waals surface area contributed by atoms with E-state index in [0.29, 0.717) is 25.9 Å². The van der Waals surface area contributed by atoms with Crippen molar-refractivity contribution in [1.29, 1.82) is 0 Å². The fraction of sp³-hybridized carbons (Fsp3) is 0.833. The Labute approximate surface area is 102 Å². The van der Waals surface area contributed by atoms with Crippen LogP contribution in [0.4, 0.5) is 0 Å². The molecule has 17 heavy (non-hydrogen) atoms. The number of hydrogen-bond donors (Lipinski definition) is 2. The molecule has 1 amide bonds. The molecule has 0 bridgehead atoms. The van der Waals surface area contributed by atoms with E-state index in [1.165, 1.54) is 0 Å². The fourth-order valence-electron chi connectivity index (χ4n) is 2.28. The molecule has 1 unspecified atom stereocenters. The third-order valence-electron chi connectivity index (χ3n) is 3.13. The lowest BCUT2D eigenvalue weighted by Gasteiger charge is -2.15. The van der Waals surface area contributed by atoms with Crippen LogP contribution in [0.3, 0.4) is 0 Å². The fourth-order valence-corrected chi connectivity index (χ4v) is 2.28. The largest absolute Gasteiger partial charge is 0.481 e. The summed E-state index contributed by atoms with van der Waals surface area (Å²) in [6.45, 7) is 2.52. The van der Waals surface area contributed by atoms with E-state index in [4.69, 9.17) is 9.84 Å². The maximum Gasteiger partial charge on any atom is 0.306 e. The van der Waals surface area contributed by atoms with Gasteiger partial charge in [-0.05, 0) is 25.2 Å². The number of aliphatic carboxylic acids is 1. The minimum atomic E-state index is -0.755. The van der Waals surface area contributed by atoms with E-state index in [2.05, 4.69) is 5.32 Å². The molecule has 98 valence electrons. The van der Waals surface area contributed by atoms with Gasteiger partial charge in [-0.1, -0.05) is 6.92 Å². The molecule has 0 heterocycles. The van der Waals surface area contributed by atoms with Crippen molar-refractivity contribution in [2.75, 3.05) is 13.7 Å². The third-order valence-corrected chi connectivity index (χ3v) is 3.13. The smallest absolute Gasteiger partial charge is 0.306 e. The number of carboxylic acids is 1. The highest BCUT2D eigenvalue weighted by Crippen LogP contribution is 2.25. The summed E-state index contributed by atoms with van der Waals surface area (Å²) in [5.74, 6) is -0.867. The van der Waals surface area contributed by atoms with Gasteiger partial charge >= 0.3 is 5.97 Å². The van der Waals surface area contributed by atoms with Crippen molar-refractivity contribution in [2.24, 2.45) is 11.8 Å². The monoisotopic (exact) mass is 243 g/mol. The standard InChI is InChI=1S/C12H21NO4/c1-8(7-17-2)5-11(14)13-10-4-3-9(6-10)12(15)16/h8-10H,3-7H2,1-2H3,(H,13,14)(H,15,16)/t8?,9-,10+/m1/s1. The Bertz CT molecular complexity index is 280. The van der Waals surface area contributed by atoms with Gasteiger partial charge in [0.2, 0.25) is 5.91 Å². The van der Waals surface area contributed by atoms with Gasteiger partial charge in [0.15, 0.2) is 0 Å². The SMILES string of the molecule is COCC(C)CC(=O)N[C@H]1CC[C@@H](C(=O)O)C1. The van der Waals surface area contributed by atoms with Crippen LogP contribution in [0.5, 0.6) is 0 Å². The van der Waals surface area contributed by atoms with Crippen LogP contribution in [0, 0.1) is 11.8 Å². The van der Waals surface area contributed by atoms with Crippen molar-refractivity contribution in [1.82, 2.24) is 5.32 Å². The number of carbonyl (C=O) groups is 2. The average Bonchev–Trinajstić information content (AvgIpc) is 2.66. The number of rotatable bonds is 6. The number of methoxy groups -OCH3 is 1. The number of amides is 1. The molecule has 3 atom stereocenters. The summed E-state index contributed by atoms with van der Waals surface area (Å²) in [6.07, 6.45) is 2.41. The number of ether oxygens (including phenoxy) is 1. The van der Waals surface area contributed by atoms with E-state index < -0.39 is 5.97 Å². The molecule has 0 saturated heterocycles. The molecule has 0 spiro atoms. The molecule has 1 saturated carbocycles. The van der Waals surface area contributed by atoms with Gasteiger partial charge in [-0.2, -0.15) is 0 Å². The zero-order chi connectivity index (χ0) is 12.8. The normalized spacial score (nSPS) is 25.5. The summed E-state index contributed by atoms with van der Waals surface area (Å²) in [4.78, 5) is 22.4. The van der Waals surface area contributed by atoms with Crippen LogP contribution < -0.4 is 5.32 Å². The highest BCUT2D eigenvalue weighted by atomic mass is 16.5. The van der Waals surface area contributed by atoms with Crippen molar-refractivity contribution < 1.29 is 19.4 Å². The zero-order valence-corrected chi connectivity index (χ0v) is 10.4. The maximum absolute atomic E-state index is 11.6. The first-order chi connectivity index (χ1) is 8.02. The molecule has 1 rings (SSSR count). The molecule has 2 N–H and O–H groups in total. The van der Waals surface area contributed by atoms with Crippen LogP contribution in [0.2, 0.25) is 0 Å². The number of hydrogen-bond acceptors (Lipinski definition) is 3. The quantitative estimate of drug-likeness (QED) is 0.730. The van der Waals surface area contributed by atoms with Crippen LogP contribution >= 0.6 is 0 Å². The molecule has 0 aromatic heterocycles. The Balaban J connectivity index is 2.26. The number of carbonyl (C=O) groups excluding carboxylic acids is 1. The van der Waals surface area contributed by atoms with Crippen LogP contribution in [-0.2, 0) is 14.3 Å². The van der Waals surface area contributed by atoms with Gasteiger partial charge in [0.05, 0.1) is 5.92 Å². The van der Waals surface area contributed by atoms with Crippen LogP contribution in [0.1, 0.15) is 32.6 Å². The van der Waals surface area contributed by atoms with Crippen molar-refractivity contribution in [2.45, 2.75) is 38.6 Å². The molecule has 5 nitrogen and oxygen atoms in total. The molecule has 0 aromatic carbocycles. The molecule has 1 aliphatic carbocycles. The highest BCUT2D eigenvalue weighted by Gasteiger charge is 2.30. The summed E-state index contributed by atoms with van der Waals surface area (Å²) in [7, 11) is 1.61. The van der Waals surface area contributed by atoms with Gasteiger partial charge in [0.25, 0.3) is 0 Å². The Hall–Kier alpha value is -1.10. The second kappa shape index (κ2) is 6.59. The van der Waals surface area contributed by atoms with Gasteiger partial charge in [0, 0.05) is 26.2 Å². The van der Waals surface area contributed by atoms with Crippen LogP contribution in [0.15, 0.2) is 0 Å². The first-order valence-electron chi connectivity index (χ1n) is 6.04. The predicted molar refractivity (Wildman–Crippen MR) is 62.6 cm³/mol. The Morgan fingerprint density at radius 3 is 2.71 bits per heavy atom. The van der Waals surface area contributed by atoms with Gasteiger partial charge in [0.1, 0.15) is 0 Å². The summed E-state index contributed by atoms with van der Waals surface area (Å²) in [5.41, 5.74) is 0. The van der Waals surface area contributed by atoms with E-state index in [1.807, 2.05) is 6.92 Å². The second-order valence-corrected chi connectivity index (χ2v) is 4.88. The van der Waals surface area contributed by atoms with Crippen molar-refractivity contribution in [3.63, 3.8) is 0 Å². The minimum Gasteiger partial charge on any atom is -0.481 e. The van der Waals surface area contributed by atoms with E-state index >= 15 is 0 Å². The van der Waals surface area contributed by atoms with E-state index in [9.17, 15) is 9.59 Å². The predicted octanol–water partition coefficient (Wildman–Crippen LogP) is 1.03. The lowest BCUT2D eigenvalue weighted by Crippen LogP contribution is -2.34. The highest BCUT2D eigenvalue weighted by molar-refractivity contribution is 5.77. The molecular formula is C12H21NO4. The van der Waals surface area contributed by atoms with Gasteiger partial charge in [-0.25, -0.2) is 0 Å². The molecule has 0 radical (unpaired) electrons. The Morgan fingerprint density at radius 2 is 2.18 bits per heavy atom. The molecule has 1 aliphatic rings. The van der Waals surface area contributed by atoms with Gasteiger partial charge in [-0.15, -0.1) is 0 Å². The van der Waals surface area contributed by atoms with E-state index in [0.717, 1.165) is 6.42 Å². The Kier molecular flexibility index (Phi) is 5.41. The molecule has 5 heteroatoms. The summed E-state index contributed by atoms with van der Waals surface area (Å²) in [5, 5.41) is 11.7. The zero-order valence-electron chi connectivity index (χ0n) is 10.4. The summed E-state index contributed by atoms with van der Waals surface area (Å²) >= 11 is 0. The first-order valence-corrected chi connectivity index (χ1v) is 6.04. The molecular weight excluding hydrogens is 222 g/mol. The van der Waals surface area contributed by atoms with E-state index in [1.54, 1.807) is 7.11 Å². The number of nitrogens with one attached hydrogen (secondary N) is 1. The van der Waals surface area contributed by atoms with Crippen molar-refractivity contribution in [3.05, 3.63) is 0 Å². The van der Waals surface area contributed by atoms with Gasteiger partial charge < -0.3 is 15.2 Å². The lowest BCUT2D eigenvalue weighted by molar-refractivity contribution is -0.141. The lowest BCUT2D eigenvalue weighted by atomic mass is 10.1. The second-order valence-electron chi connectivity index (χ2n) is 4.88.